The largest absolute Gasteiger partial charge is 0.371 e. The fraction of sp³-hybridized carbons (Fsp3) is 0.429. The minimum Gasteiger partial charge on any atom is -0.371 e. The van der Waals surface area contributed by atoms with Gasteiger partial charge in [-0.2, -0.15) is 0 Å². The van der Waals surface area contributed by atoms with Crippen LogP contribution in [0.1, 0.15) is 24.4 Å². The maximum atomic E-state index is 12.1. The Morgan fingerprint density at radius 3 is 2.65 bits per heavy atom. The molecule has 0 aromatic carbocycles. The van der Waals surface area contributed by atoms with E-state index in [4.69, 9.17) is 27.9 Å². The summed E-state index contributed by atoms with van der Waals surface area (Å²) in [7, 11) is 0. The molecule has 1 aliphatic carbocycles. The minimum atomic E-state index is -0.204. The summed E-state index contributed by atoms with van der Waals surface area (Å²) in [4.78, 5) is 17.8. The van der Waals surface area contributed by atoms with E-state index in [2.05, 4.69) is 11.6 Å². The molecule has 1 aromatic heterocycles. The Hall–Kier alpha value is -1.10. The maximum absolute atomic E-state index is 12.1. The maximum Gasteiger partial charge on any atom is 0.246 e. The summed E-state index contributed by atoms with van der Waals surface area (Å²) in [6.45, 7) is 4.59. The normalized spacial score (nSPS) is 23.7. The van der Waals surface area contributed by atoms with Crippen LogP contribution in [0.4, 0.5) is 0 Å². The lowest BCUT2D eigenvalue weighted by molar-refractivity contribution is -0.143. The molecule has 1 saturated heterocycles. The summed E-state index contributed by atoms with van der Waals surface area (Å²) < 4.78 is 5.91. The van der Waals surface area contributed by atoms with Crippen LogP contribution in [-0.2, 0) is 9.53 Å². The standard InChI is InChI=1S/C14H14Cl2N2O2/c1-2-13(19)18-8-14(3-4-14)20-7-10(18)9-5-11(15)17-12(16)6-9/h2,5-6,10H,1,3-4,7-8H2/t10-/m0/s1. The van der Waals surface area contributed by atoms with Gasteiger partial charge in [-0.15, -0.1) is 0 Å². The average molecular weight is 313 g/mol. The van der Waals surface area contributed by atoms with Gasteiger partial charge in [0.2, 0.25) is 5.91 Å². The molecule has 106 valence electrons. The first-order chi connectivity index (χ1) is 9.53. The highest BCUT2D eigenvalue weighted by Gasteiger charge is 2.50. The van der Waals surface area contributed by atoms with Gasteiger partial charge in [0.15, 0.2) is 0 Å². The smallest absolute Gasteiger partial charge is 0.246 e. The van der Waals surface area contributed by atoms with Crippen LogP contribution < -0.4 is 0 Å². The molecule has 0 unspecified atom stereocenters. The Kier molecular flexibility index (Phi) is 3.48. The number of ether oxygens (including phenoxy) is 1. The van der Waals surface area contributed by atoms with Gasteiger partial charge in [-0.05, 0) is 36.6 Å². The number of amides is 1. The second-order valence-electron chi connectivity index (χ2n) is 5.23. The highest BCUT2D eigenvalue weighted by atomic mass is 35.5. The third-order valence-corrected chi connectivity index (χ3v) is 4.20. The van der Waals surface area contributed by atoms with Gasteiger partial charge in [-0.1, -0.05) is 29.8 Å². The molecule has 1 amide bonds. The average Bonchev–Trinajstić information content (AvgIpc) is 3.16. The Morgan fingerprint density at radius 2 is 2.10 bits per heavy atom. The molecular formula is C14H14Cl2N2O2. The monoisotopic (exact) mass is 312 g/mol. The van der Waals surface area contributed by atoms with Crippen molar-refractivity contribution >= 4 is 29.1 Å². The molecule has 2 heterocycles. The Labute approximate surface area is 127 Å². The molecular weight excluding hydrogens is 299 g/mol. The van der Waals surface area contributed by atoms with Crippen LogP contribution in [0.5, 0.6) is 0 Å². The van der Waals surface area contributed by atoms with Gasteiger partial charge in [0.1, 0.15) is 10.3 Å². The second-order valence-corrected chi connectivity index (χ2v) is 6.00. The van der Waals surface area contributed by atoms with E-state index < -0.39 is 0 Å². The number of halogens is 2. The number of nitrogens with zero attached hydrogens (tertiary/aromatic N) is 2. The highest BCUT2D eigenvalue weighted by molar-refractivity contribution is 6.32. The summed E-state index contributed by atoms with van der Waals surface area (Å²) in [6.07, 6.45) is 3.33. The molecule has 0 bridgehead atoms. The van der Waals surface area contributed by atoms with Gasteiger partial charge in [0.05, 0.1) is 24.8 Å². The third kappa shape index (κ3) is 2.55. The molecule has 1 spiro atoms. The van der Waals surface area contributed by atoms with Crippen LogP contribution in [-0.4, -0.2) is 34.5 Å². The summed E-state index contributed by atoms with van der Waals surface area (Å²) in [5.41, 5.74) is 0.691. The predicted molar refractivity (Wildman–Crippen MR) is 76.8 cm³/mol. The summed E-state index contributed by atoms with van der Waals surface area (Å²) in [5, 5.41) is 0.621. The van der Waals surface area contributed by atoms with Crippen LogP contribution in [0.3, 0.4) is 0 Å². The van der Waals surface area contributed by atoms with E-state index in [0.717, 1.165) is 18.4 Å². The van der Waals surface area contributed by atoms with E-state index in [0.29, 0.717) is 23.5 Å². The van der Waals surface area contributed by atoms with Crippen molar-refractivity contribution in [1.29, 1.82) is 0 Å². The molecule has 1 saturated carbocycles. The van der Waals surface area contributed by atoms with Crippen LogP contribution in [0, 0.1) is 0 Å². The quantitative estimate of drug-likeness (QED) is 0.623. The molecule has 2 fully saturated rings. The lowest BCUT2D eigenvalue weighted by Gasteiger charge is -2.40. The van der Waals surface area contributed by atoms with Gasteiger partial charge in [0, 0.05) is 0 Å². The molecule has 0 N–H and O–H groups in total. The second kappa shape index (κ2) is 5.02. The Morgan fingerprint density at radius 1 is 1.45 bits per heavy atom. The van der Waals surface area contributed by atoms with Gasteiger partial charge < -0.3 is 9.64 Å². The van der Waals surface area contributed by atoms with Gasteiger partial charge in [-0.25, -0.2) is 4.98 Å². The molecule has 4 nitrogen and oxygen atoms in total. The zero-order chi connectivity index (χ0) is 14.3. The molecule has 20 heavy (non-hydrogen) atoms. The van der Waals surface area contributed by atoms with Crippen molar-refractivity contribution in [2.75, 3.05) is 13.2 Å². The van der Waals surface area contributed by atoms with E-state index in [-0.39, 0.29) is 17.6 Å². The van der Waals surface area contributed by atoms with Crippen molar-refractivity contribution < 1.29 is 9.53 Å². The minimum absolute atomic E-state index is 0.103. The Bertz CT molecular complexity index is 552. The van der Waals surface area contributed by atoms with Crippen LogP contribution in [0.25, 0.3) is 0 Å². The van der Waals surface area contributed by atoms with E-state index in [1.54, 1.807) is 17.0 Å². The first kappa shape index (κ1) is 13.9. The van der Waals surface area contributed by atoms with Gasteiger partial charge in [0.25, 0.3) is 0 Å². The van der Waals surface area contributed by atoms with Crippen LogP contribution in [0.15, 0.2) is 24.8 Å². The zero-order valence-corrected chi connectivity index (χ0v) is 12.3. The number of carbonyl (C=O) groups is 1. The van der Waals surface area contributed by atoms with E-state index in [9.17, 15) is 4.79 Å². The molecule has 2 aliphatic rings. The SMILES string of the molecule is C=CC(=O)N1CC2(CC2)OC[C@H]1c1cc(Cl)nc(Cl)c1. The fourth-order valence-corrected chi connectivity index (χ4v) is 3.03. The van der Waals surface area contributed by atoms with Crippen molar-refractivity contribution in [3.63, 3.8) is 0 Å². The summed E-state index contributed by atoms with van der Waals surface area (Å²) >= 11 is 11.9. The lowest BCUT2D eigenvalue weighted by atomic mass is 10.0. The highest BCUT2D eigenvalue weighted by Crippen LogP contribution is 2.46. The van der Waals surface area contributed by atoms with Gasteiger partial charge >= 0.3 is 0 Å². The van der Waals surface area contributed by atoms with Gasteiger partial charge in [-0.3, -0.25) is 4.79 Å². The number of hydrogen-bond donors (Lipinski definition) is 0. The van der Waals surface area contributed by atoms with Crippen molar-refractivity contribution in [2.24, 2.45) is 0 Å². The first-order valence-electron chi connectivity index (χ1n) is 6.43. The molecule has 1 atom stereocenters. The van der Waals surface area contributed by atoms with Crippen molar-refractivity contribution in [2.45, 2.75) is 24.5 Å². The number of carbonyl (C=O) groups excluding carboxylic acids is 1. The van der Waals surface area contributed by atoms with E-state index >= 15 is 0 Å². The predicted octanol–water partition coefficient (Wildman–Crippen LogP) is 3.01. The summed E-state index contributed by atoms with van der Waals surface area (Å²) in [5.74, 6) is -0.103. The van der Waals surface area contributed by atoms with Crippen LogP contribution >= 0.6 is 23.2 Å². The topological polar surface area (TPSA) is 42.4 Å². The molecule has 6 heteroatoms. The van der Waals surface area contributed by atoms with Crippen molar-refractivity contribution in [3.8, 4) is 0 Å². The van der Waals surface area contributed by atoms with E-state index in [1.165, 1.54) is 6.08 Å². The fourth-order valence-electron chi connectivity index (χ4n) is 2.55. The summed E-state index contributed by atoms with van der Waals surface area (Å²) in [6, 6.07) is 3.23. The van der Waals surface area contributed by atoms with Crippen molar-refractivity contribution in [1.82, 2.24) is 9.88 Å². The Balaban J connectivity index is 1.93. The number of rotatable bonds is 2. The van der Waals surface area contributed by atoms with Crippen LogP contribution in [0.2, 0.25) is 10.3 Å². The number of pyridine rings is 1. The van der Waals surface area contributed by atoms with E-state index in [1.807, 2.05) is 0 Å². The van der Waals surface area contributed by atoms with Crippen molar-refractivity contribution in [3.05, 3.63) is 40.7 Å². The molecule has 1 aromatic rings. The number of morpholine rings is 1. The zero-order valence-electron chi connectivity index (χ0n) is 10.8. The molecule has 3 rings (SSSR count). The molecule has 0 radical (unpaired) electrons. The first-order valence-corrected chi connectivity index (χ1v) is 7.19. The number of hydrogen-bond acceptors (Lipinski definition) is 3. The lowest BCUT2D eigenvalue weighted by Crippen LogP contribution is -2.48. The third-order valence-electron chi connectivity index (χ3n) is 3.82. The molecule has 1 aliphatic heterocycles. The number of aromatic nitrogens is 1.